The normalized spacial score (nSPS) is 18.8. The number of benzene rings is 3. The van der Waals surface area contributed by atoms with Crippen molar-refractivity contribution >= 4 is 22.6 Å². The SMILES string of the molecule is O=C(c1ccccc1)N1CC2CN(C(=O)c3cc(Cc4n[nH]c(=O)c5ccccc45)ccc3F)CC2C1. The first-order valence-corrected chi connectivity index (χ1v) is 12.4. The number of aromatic amines is 1. The second kappa shape index (κ2) is 9.28. The molecule has 2 aliphatic rings. The van der Waals surface area contributed by atoms with Crippen LogP contribution in [0.1, 0.15) is 32.0 Å². The van der Waals surface area contributed by atoms with Gasteiger partial charge in [0.05, 0.1) is 16.6 Å². The van der Waals surface area contributed by atoms with E-state index in [0.29, 0.717) is 49.2 Å². The molecule has 2 amide bonds. The van der Waals surface area contributed by atoms with Gasteiger partial charge in [-0.15, -0.1) is 0 Å². The maximum Gasteiger partial charge on any atom is 0.272 e. The number of nitrogens with zero attached hydrogens (tertiary/aromatic N) is 3. The van der Waals surface area contributed by atoms with E-state index in [4.69, 9.17) is 0 Å². The number of aromatic nitrogens is 2. The Bertz CT molecular complexity index is 1550. The minimum atomic E-state index is -0.564. The smallest absolute Gasteiger partial charge is 0.272 e. The first-order chi connectivity index (χ1) is 18.0. The molecule has 7 nitrogen and oxygen atoms in total. The molecule has 2 fully saturated rings. The summed E-state index contributed by atoms with van der Waals surface area (Å²) < 4.78 is 14.8. The van der Waals surface area contributed by atoms with Crippen molar-refractivity contribution in [1.29, 1.82) is 0 Å². The summed E-state index contributed by atoms with van der Waals surface area (Å²) in [5.74, 6) is -0.533. The Morgan fingerprint density at radius 2 is 1.46 bits per heavy atom. The fourth-order valence-electron chi connectivity index (χ4n) is 5.60. The lowest BCUT2D eigenvalue weighted by Gasteiger charge is -2.22. The fourth-order valence-corrected chi connectivity index (χ4v) is 5.60. The molecule has 0 bridgehead atoms. The third kappa shape index (κ3) is 4.28. The van der Waals surface area contributed by atoms with Crippen LogP contribution in [0.25, 0.3) is 10.8 Å². The van der Waals surface area contributed by atoms with E-state index in [0.717, 1.165) is 10.9 Å². The van der Waals surface area contributed by atoms with Gasteiger partial charge in [-0.1, -0.05) is 42.5 Å². The molecule has 0 aliphatic carbocycles. The summed E-state index contributed by atoms with van der Waals surface area (Å²) in [7, 11) is 0. The van der Waals surface area contributed by atoms with Gasteiger partial charge in [0.1, 0.15) is 5.82 Å². The van der Waals surface area contributed by atoms with E-state index in [2.05, 4.69) is 10.2 Å². The van der Waals surface area contributed by atoms with E-state index < -0.39 is 5.82 Å². The molecule has 4 aromatic rings. The molecule has 2 atom stereocenters. The molecule has 0 saturated carbocycles. The molecule has 3 aromatic carbocycles. The number of hydrogen-bond acceptors (Lipinski definition) is 4. The van der Waals surface area contributed by atoms with Crippen LogP contribution in [-0.4, -0.2) is 58.0 Å². The summed E-state index contributed by atoms with van der Waals surface area (Å²) in [5, 5.41) is 7.98. The van der Waals surface area contributed by atoms with Crippen LogP contribution in [0, 0.1) is 17.7 Å². The second-order valence-electron chi connectivity index (χ2n) is 9.84. The monoisotopic (exact) mass is 496 g/mol. The van der Waals surface area contributed by atoms with Crippen molar-refractivity contribution in [2.45, 2.75) is 6.42 Å². The van der Waals surface area contributed by atoms with E-state index in [9.17, 15) is 18.8 Å². The molecular weight excluding hydrogens is 471 g/mol. The summed E-state index contributed by atoms with van der Waals surface area (Å²) in [4.78, 5) is 41.8. The van der Waals surface area contributed by atoms with E-state index >= 15 is 0 Å². The molecule has 3 heterocycles. The molecule has 1 N–H and O–H groups in total. The highest BCUT2D eigenvalue weighted by Gasteiger charge is 2.43. The van der Waals surface area contributed by atoms with Crippen LogP contribution in [0.2, 0.25) is 0 Å². The summed E-state index contributed by atoms with van der Waals surface area (Å²) >= 11 is 0. The number of nitrogens with one attached hydrogen (secondary N) is 1. The third-order valence-electron chi connectivity index (χ3n) is 7.49. The highest BCUT2D eigenvalue weighted by Crippen LogP contribution is 2.33. The Balaban J connectivity index is 1.17. The Labute approximate surface area is 212 Å². The van der Waals surface area contributed by atoms with Crippen LogP contribution in [0.3, 0.4) is 0 Å². The number of carbonyl (C=O) groups is 2. The van der Waals surface area contributed by atoms with Crippen molar-refractivity contribution < 1.29 is 14.0 Å². The van der Waals surface area contributed by atoms with Crippen molar-refractivity contribution in [3.8, 4) is 0 Å². The second-order valence-corrected chi connectivity index (χ2v) is 9.84. The van der Waals surface area contributed by atoms with E-state index in [-0.39, 0.29) is 34.8 Å². The number of hydrogen-bond donors (Lipinski definition) is 1. The first-order valence-electron chi connectivity index (χ1n) is 12.4. The molecule has 6 rings (SSSR count). The number of halogens is 1. The summed E-state index contributed by atoms with van der Waals surface area (Å²) in [6.45, 7) is 2.18. The number of carbonyl (C=O) groups excluding carboxylic acids is 2. The van der Waals surface area contributed by atoms with Gasteiger partial charge in [-0.25, -0.2) is 9.49 Å². The molecular formula is C29H25FN4O3. The fraction of sp³-hybridized carbons (Fsp3) is 0.241. The molecule has 0 spiro atoms. The summed E-state index contributed by atoms with van der Waals surface area (Å²) in [6.07, 6.45) is 0.347. The largest absolute Gasteiger partial charge is 0.338 e. The van der Waals surface area contributed by atoms with Gasteiger partial charge in [0.25, 0.3) is 17.4 Å². The van der Waals surface area contributed by atoms with Gasteiger partial charge < -0.3 is 9.80 Å². The Hall–Kier alpha value is -4.33. The minimum absolute atomic E-state index is 0.00927. The van der Waals surface area contributed by atoms with Crippen molar-refractivity contribution in [3.63, 3.8) is 0 Å². The minimum Gasteiger partial charge on any atom is -0.338 e. The highest BCUT2D eigenvalue weighted by atomic mass is 19.1. The lowest BCUT2D eigenvalue weighted by atomic mass is 10.0. The summed E-state index contributed by atoms with van der Waals surface area (Å²) in [5.41, 5.74) is 1.81. The van der Waals surface area contributed by atoms with Gasteiger partial charge in [0.15, 0.2) is 0 Å². The van der Waals surface area contributed by atoms with Crippen molar-refractivity contribution in [1.82, 2.24) is 20.0 Å². The Morgan fingerprint density at radius 1 is 0.838 bits per heavy atom. The van der Waals surface area contributed by atoms with E-state index in [1.807, 2.05) is 47.4 Å². The quantitative estimate of drug-likeness (QED) is 0.469. The number of rotatable bonds is 4. The lowest BCUT2D eigenvalue weighted by molar-refractivity contribution is 0.0736. The van der Waals surface area contributed by atoms with Gasteiger partial charge >= 0.3 is 0 Å². The molecule has 2 aliphatic heterocycles. The average molecular weight is 497 g/mol. The Morgan fingerprint density at radius 3 is 2.16 bits per heavy atom. The van der Waals surface area contributed by atoms with E-state index in [1.54, 1.807) is 29.2 Å². The van der Waals surface area contributed by atoms with Crippen LogP contribution in [0.15, 0.2) is 77.6 Å². The third-order valence-corrected chi connectivity index (χ3v) is 7.49. The van der Waals surface area contributed by atoms with Crippen LogP contribution in [-0.2, 0) is 6.42 Å². The zero-order chi connectivity index (χ0) is 25.5. The predicted molar refractivity (Wildman–Crippen MR) is 137 cm³/mol. The van der Waals surface area contributed by atoms with Crippen LogP contribution in [0.4, 0.5) is 4.39 Å². The van der Waals surface area contributed by atoms with Gasteiger partial charge in [0, 0.05) is 55.4 Å². The molecule has 37 heavy (non-hydrogen) atoms. The van der Waals surface area contributed by atoms with Crippen molar-refractivity contribution in [2.24, 2.45) is 11.8 Å². The van der Waals surface area contributed by atoms with E-state index in [1.165, 1.54) is 6.07 Å². The molecule has 0 radical (unpaired) electrons. The zero-order valence-electron chi connectivity index (χ0n) is 20.1. The van der Waals surface area contributed by atoms with Crippen molar-refractivity contribution in [3.05, 3.63) is 111 Å². The average Bonchev–Trinajstić information content (AvgIpc) is 3.51. The van der Waals surface area contributed by atoms with Crippen LogP contribution < -0.4 is 5.56 Å². The zero-order valence-corrected chi connectivity index (χ0v) is 20.1. The molecule has 8 heteroatoms. The lowest BCUT2D eigenvalue weighted by Crippen LogP contribution is -2.36. The van der Waals surface area contributed by atoms with Gasteiger partial charge in [-0.3, -0.25) is 14.4 Å². The summed E-state index contributed by atoms with van der Waals surface area (Å²) in [6, 6.07) is 20.9. The van der Waals surface area contributed by atoms with Gasteiger partial charge in [-0.05, 0) is 35.9 Å². The van der Waals surface area contributed by atoms with Gasteiger partial charge in [0.2, 0.25) is 0 Å². The maximum absolute atomic E-state index is 14.8. The van der Waals surface area contributed by atoms with Crippen LogP contribution in [0.5, 0.6) is 0 Å². The predicted octanol–water partition coefficient (Wildman–Crippen LogP) is 3.50. The number of amides is 2. The number of H-pyrrole nitrogens is 1. The maximum atomic E-state index is 14.8. The molecule has 2 unspecified atom stereocenters. The van der Waals surface area contributed by atoms with Gasteiger partial charge in [-0.2, -0.15) is 5.10 Å². The first kappa shape index (κ1) is 23.1. The topological polar surface area (TPSA) is 86.4 Å². The molecule has 2 saturated heterocycles. The highest BCUT2D eigenvalue weighted by molar-refractivity contribution is 5.96. The standard InChI is InChI=1S/C29H25FN4O3/c30-25-11-10-18(13-26-22-8-4-5-9-23(22)27(35)32-31-26)12-24(25)29(37)34-16-20-14-33(15-21(20)17-34)28(36)19-6-2-1-3-7-19/h1-12,20-21H,13-17H2,(H,32,35). The molecule has 1 aromatic heterocycles. The van der Waals surface area contributed by atoms with Crippen molar-refractivity contribution in [2.75, 3.05) is 26.2 Å². The van der Waals surface area contributed by atoms with Crippen LogP contribution >= 0.6 is 0 Å². The number of likely N-dealkylation sites (tertiary alicyclic amines) is 2. The molecule has 186 valence electrons. The number of fused-ring (bicyclic) bond motifs is 2. The Kier molecular flexibility index (Phi) is 5.79.